The van der Waals surface area contributed by atoms with E-state index in [4.69, 9.17) is 4.74 Å². The van der Waals surface area contributed by atoms with Gasteiger partial charge >= 0.3 is 0 Å². The summed E-state index contributed by atoms with van der Waals surface area (Å²) in [4.78, 5) is 7.14. The van der Waals surface area contributed by atoms with Crippen molar-refractivity contribution in [3.8, 4) is 0 Å². The first-order valence-electron chi connectivity index (χ1n) is 11.0. The summed E-state index contributed by atoms with van der Waals surface area (Å²) in [5.74, 6) is 0.336. The minimum atomic E-state index is -1.01. The number of likely N-dealkylation sites (tertiary alicyclic amines) is 1. The number of piperidine rings is 1. The Morgan fingerprint density at radius 2 is 2.10 bits per heavy atom. The van der Waals surface area contributed by atoms with Crippen molar-refractivity contribution in [1.29, 1.82) is 0 Å². The lowest BCUT2D eigenvalue weighted by atomic mass is 10.0. The van der Waals surface area contributed by atoms with Gasteiger partial charge in [-0.25, -0.2) is 9.37 Å². The molecule has 29 heavy (non-hydrogen) atoms. The molecule has 2 aliphatic heterocycles. The van der Waals surface area contributed by atoms with Gasteiger partial charge < -0.3 is 24.7 Å². The molecule has 6 nitrogen and oxygen atoms in total. The Kier molecular flexibility index (Phi) is 6.37. The van der Waals surface area contributed by atoms with Crippen LogP contribution in [-0.4, -0.2) is 65.8 Å². The summed E-state index contributed by atoms with van der Waals surface area (Å²) in [6, 6.07) is 2.31. The summed E-state index contributed by atoms with van der Waals surface area (Å²) in [5, 5.41) is 7.08. The van der Waals surface area contributed by atoms with E-state index in [2.05, 4.69) is 38.8 Å². The summed E-state index contributed by atoms with van der Waals surface area (Å²) in [5.41, 5.74) is 3.64. The van der Waals surface area contributed by atoms with Gasteiger partial charge in [-0.05, 0) is 31.7 Å². The molecule has 2 fully saturated rings. The lowest BCUT2D eigenvalue weighted by Crippen LogP contribution is -2.48. The summed E-state index contributed by atoms with van der Waals surface area (Å²) in [6.07, 6.45) is 5.25. The van der Waals surface area contributed by atoms with Crippen LogP contribution in [0.25, 0.3) is 5.65 Å². The van der Waals surface area contributed by atoms with E-state index in [9.17, 15) is 4.39 Å². The Balaban J connectivity index is 1.44. The second-order valence-electron chi connectivity index (χ2n) is 8.75. The predicted octanol–water partition coefficient (Wildman–Crippen LogP) is 3.35. The summed E-state index contributed by atoms with van der Waals surface area (Å²) in [6.45, 7) is 11.7. The van der Waals surface area contributed by atoms with E-state index in [1.54, 1.807) is 6.92 Å². The van der Waals surface area contributed by atoms with Gasteiger partial charge in [0.2, 0.25) is 0 Å². The van der Waals surface area contributed by atoms with Gasteiger partial charge in [-0.1, -0.05) is 13.8 Å². The molecular formula is C22H34FN5O. The molecule has 0 radical (unpaired) electrons. The predicted molar refractivity (Wildman–Crippen MR) is 114 cm³/mol. The van der Waals surface area contributed by atoms with Crippen molar-refractivity contribution in [3.63, 3.8) is 0 Å². The van der Waals surface area contributed by atoms with Crippen LogP contribution in [0.4, 0.5) is 10.1 Å². The highest BCUT2D eigenvalue weighted by Gasteiger charge is 2.24. The van der Waals surface area contributed by atoms with Gasteiger partial charge in [0.05, 0.1) is 18.4 Å². The number of morpholine rings is 1. The van der Waals surface area contributed by atoms with Crippen LogP contribution < -0.4 is 10.6 Å². The Labute approximate surface area is 172 Å². The topological polar surface area (TPSA) is 53.8 Å². The van der Waals surface area contributed by atoms with E-state index in [0.717, 1.165) is 69.2 Å². The fraction of sp³-hybridized carbons (Fsp3) is 0.682. The molecule has 2 aromatic rings. The Morgan fingerprint density at radius 3 is 2.76 bits per heavy atom. The Bertz CT molecular complexity index is 807. The van der Waals surface area contributed by atoms with Crippen molar-refractivity contribution in [2.45, 2.75) is 57.8 Å². The minimum Gasteiger partial charge on any atom is -0.379 e. The van der Waals surface area contributed by atoms with Crippen LogP contribution in [0.15, 0.2) is 18.5 Å². The molecule has 4 rings (SSSR count). The number of rotatable bonds is 6. The van der Waals surface area contributed by atoms with E-state index in [1.165, 1.54) is 0 Å². The number of aromatic nitrogens is 2. The number of ether oxygens (including phenoxy) is 1. The number of pyridine rings is 1. The number of hydrogen-bond donors (Lipinski definition) is 2. The first-order valence-corrected chi connectivity index (χ1v) is 11.0. The number of halogens is 1. The zero-order valence-electron chi connectivity index (χ0n) is 17.8. The number of nitrogens with zero attached hydrogens (tertiary/aromatic N) is 3. The maximum Gasteiger partial charge on any atom is 0.160 e. The normalized spacial score (nSPS) is 23.0. The molecule has 4 heterocycles. The molecule has 2 atom stereocenters. The molecule has 2 aliphatic rings. The van der Waals surface area contributed by atoms with Crippen molar-refractivity contribution < 1.29 is 9.13 Å². The zero-order chi connectivity index (χ0) is 20.4. The molecule has 0 bridgehead atoms. The first kappa shape index (κ1) is 20.6. The minimum absolute atomic E-state index is 0.301. The third-order valence-electron chi connectivity index (χ3n) is 6.12. The smallest absolute Gasteiger partial charge is 0.160 e. The SMILES string of the molecule is CC(C)c1cnc2c(NC3CCN(C[C@@H]4CNCCO4)CC3)cc(C(C)F)cn12. The fourth-order valence-electron chi connectivity index (χ4n) is 4.38. The third-order valence-corrected chi connectivity index (χ3v) is 6.12. The van der Waals surface area contributed by atoms with Gasteiger partial charge in [-0.2, -0.15) is 0 Å². The quantitative estimate of drug-likeness (QED) is 0.775. The van der Waals surface area contributed by atoms with Crippen LogP contribution >= 0.6 is 0 Å². The second-order valence-corrected chi connectivity index (χ2v) is 8.75. The van der Waals surface area contributed by atoms with E-state index < -0.39 is 6.17 Å². The van der Waals surface area contributed by atoms with E-state index >= 15 is 0 Å². The van der Waals surface area contributed by atoms with E-state index in [0.29, 0.717) is 23.6 Å². The number of nitrogens with one attached hydrogen (secondary N) is 2. The molecule has 7 heteroatoms. The van der Waals surface area contributed by atoms with Crippen LogP contribution in [0.2, 0.25) is 0 Å². The molecule has 2 saturated heterocycles. The van der Waals surface area contributed by atoms with Crippen LogP contribution in [-0.2, 0) is 4.74 Å². The highest BCUT2D eigenvalue weighted by atomic mass is 19.1. The summed E-state index contributed by atoms with van der Waals surface area (Å²) in [7, 11) is 0. The fourth-order valence-corrected chi connectivity index (χ4v) is 4.38. The molecule has 160 valence electrons. The van der Waals surface area contributed by atoms with Crippen LogP contribution in [0.3, 0.4) is 0 Å². The highest BCUT2D eigenvalue weighted by Crippen LogP contribution is 2.29. The van der Waals surface area contributed by atoms with Crippen molar-refractivity contribution >= 4 is 11.3 Å². The second kappa shape index (κ2) is 8.98. The molecule has 0 spiro atoms. The lowest BCUT2D eigenvalue weighted by Gasteiger charge is -2.36. The Hall–Kier alpha value is -1.70. The summed E-state index contributed by atoms with van der Waals surface area (Å²) >= 11 is 0. The molecule has 2 N–H and O–H groups in total. The van der Waals surface area contributed by atoms with Crippen molar-refractivity contribution in [3.05, 3.63) is 29.7 Å². The van der Waals surface area contributed by atoms with Gasteiger partial charge in [0.1, 0.15) is 6.17 Å². The maximum absolute atomic E-state index is 14.1. The van der Waals surface area contributed by atoms with Crippen molar-refractivity contribution in [2.75, 3.05) is 44.6 Å². The van der Waals surface area contributed by atoms with Gasteiger partial charge in [0.25, 0.3) is 0 Å². The summed E-state index contributed by atoms with van der Waals surface area (Å²) < 4.78 is 22.0. The number of alkyl halides is 1. The van der Waals surface area contributed by atoms with Crippen LogP contribution in [0.1, 0.15) is 57.0 Å². The molecule has 2 aromatic heterocycles. The molecular weight excluding hydrogens is 369 g/mol. The average molecular weight is 404 g/mol. The van der Waals surface area contributed by atoms with Gasteiger partial charge in [-0.3, -0.25) is 0 Å². The largest absolute Gasteiger partial charge is 0.379 e. The van der Waals surface area contributed by atoms with Crippen LogP contribution in [0.5, 0.6) is 0 Å². The number of fused-ring (bicyclic) bond motifs is 1. The Morgan fingerprint density at radius 1 is 1.31 bits per heavy atom. The molecule has 0 saturated carbocycles. The number of hydrogen-bond acceptors (Lipinski definition) is 5. The average Bonchev–Trinajstić information content (AvgIpc) is 3.15. The molecule has 0 amide bonds. The van der Waals surface area contributed by atoms with Gasteiger partial charge in [0.15, 0.2) is 5.65 Å². The van der Waals surface area contributed by atoms with E-state index in [-0.39, 0.29) is 0 Å². The zero-order valence-corrected chi connectivity index (χ0v) is 17.8. The lowest BCUT2D eigenvalue weighted by molar-refractivity contribution is 0.00179. The molecule has 0 aromatic carbocycles. The van der Waals surface area contributed by atoms with Gasteiger partial charge in [-0.15, -0.1) is 0 Å². The van der Waals surface area contributed by atoms with Crippen molar-refractivity contribution in [1.82, 2.24) is 19.6 Å². The molecule has 1 unspecified atom stereocenters. The monoisotopic (exact) mass is 403 g/mol. The van der Waals surface area contributed by atoms with Crippen LogP contribution in [0, 0.1) is 0 Å². The maximum atomic E-state index is 14.1. The standard InChI is InChI=1S/C22H34FN5O/c1-15(2)21-12-25-22-20(10-17(16(3)23)13-28(21)22)26-18-4-7-27(8-5-18)14-19-11-24-6-9-29-19/h10,12-13,15-16,18-19,24,26H,4-9,11,14H2,1-3H3/t16?,19-/m0/s1. The van der Waals surface area contributed by atoms with E-state index in [1.807, 2.05) is 18.5 Å². The number of imidazole rings is 1. The first-order chi connectivity index (χ1) is 14.0. The highest BCUT2D eigenvalue weighted by molar-refractivity contribution is 5.69. The van der Waals surface area contributed by atoms with Gasteiger partial charge in [0, 0.05) is 62.4 Å². The number of anilines is 1. The third kappa shape index (κ3) is 4.73. The molecule has 0 aliphatic carbocycles. The van der Waals surface area contributed by atoms with Crippen molar-refractivity contribution in [2.24, 2.45) is 0 Å².